The van der Waals surface area contributed by atoms with Crippen molar-refractivity contribution < 1.29 is 34.7 Å². The van der Waals surface area contributed by atoms with Gasteiger partial charge in [-0.15, -0.1) is 0 Å². The van der Waals surface area contributed by atoms with Crippen molar-refractivity contribution in [2.24, 2.45) is 0 Å². The standard InChI is InChI=1S/C16H22O7/c1-2-3-11(18)9-4-6-10(7-5-9)22-16-15(21)14(20)13(19)12(8-17)23-16/h4-7,12-17,19-21H,2-3,8H2,1H3/t12-,13-,14-,15-,16-/m1/s1. The van der Waals surface area contributed by atoms with Crippen LogP contribution in [0.25, 0.3) is 0 Å². The molecule has 2 rings (SSSR count). The Bertz CT molecular complexity index is 514. The van der Waals surface area contributed by atoms with Crippen molar-refractivity contribution in [3.8, 4) is 5.75 Å². The predicted molar refractivity (Wildman–Crippen MR) is 80.1 cm³/mol. The third-order valence-corrected chi connectivity index (χ3v) is 3.75. The van der Waals surface area contributed by atoms with Gasteiger partial charge < -0.3 is 29.9 Å². The smallest absolute Gasteiger partial charge is 0.229 e. The van der Waals surface area contributed by atoms with Crippen molar-refractivity contribution in [2.75, 3.05) is 6.61 Å². The monoisotopic (exact) mass is 326 g/mol. The van der Waals surface area contributed by atoms with E-state index in [2.05, 4.69) is 0 Å². The van der Waals surface area contributed by atoms with Gasteiger partial charge >= 0.3 is 0 Å². The van der Waals surface area contributed by atoms with E-state index in [4.69, 9.17) is 14.6 Å². The van der Waals surface area contributed by atoms with Crippen molar-refractivity contribution in [1.82, 2.24) is 0 Å². The summed E-state index contributed by atoms with van der Waals surface area (Å²) in [5, 5.41) is 38.4. The molecule has 0 amide bonds. The predicted octanol–water partition coefficient (Wildman–Crippen LogP) is -0.152. The van der Waals surface area contributed by atoms with Gasteiger partial charge in [0.1, 0.15) is 30.2 Å². The van der Waals surface area contributed by atoms with Crippen LogP contribution in [0.5, 0.6) is 5.75 Å². The van der Waals surface area contributed by atoms with Crippen LogP contribution < -0.4 is 4.74 Å². The highest BCUT2D eigenvalue weighted by atomic mass is 16.7. The molecule has 0 aromatic heterocycles. The second kappa shape index (κ2) is 7.85. The zero-order chi connectivity index (χ0) is 17.0. The fourth-order valence-corrected chi connectivity index (χ4v) is 2.39. The molecular weight excluding hydrogens is 304 g/mol. The summed E-state index contributed by atoms with van der Waals surface area (Å²) in [5.74, 6) is 0.370. The fraction of sp³-hybridized carbons (Fsp3) is 0.562. The van der Waals surface area contributed by atoms with Crippen LogP contribution in [-0.2, 0) is 4.74 Å². The summed E-state index contributed by atoms with van der Waals surface area (Å²) in [4.78, 5) is 11.8. The number of hydrogen-bond donors (Lipinski definition) is 4. The highest BCUT2D eigenvalue weighted by Crippen LogP contribution is 2.24. The van der Waals surface area contributed by atoms with Crippen LogP contribution >= 0.6 is 0 Å². The molecule has 1 aromatic carbocycles. The minimum Gasteiger partial charge on any atom is -0.462 e. The minimum atomic E-state index is -1.49. The van der Waals surface area contributed by atoms with Gasteiger partial charge in [0.15, 0.2) is 5.78 Å². The number of aliphatic hydroxyl groups is 4. The molecule has 1 heterocycles. The van der Waals surface area contributed by atoms with E-state index in [1.165, 1.54) is 0 Å². The average molecular weight is 326 g/mol. The molecule has 5 atom stereocenters. The van der Waals surface area contributed by atoms with E-state index >= 15 is 0 Å². The van der Waals surface area contributed by atoms with E-state index < -0.39 is 37.3 Å². The van der Waals surface area contributed by atoms with Crippen LogP contribution in [0.1, 0.15) is 30.1 Å². The first-order valence-electron chi connectivity index (χ1n) is 7.58. The molecule has 7 nitrogen and oxygen atoms in total. The van der Waals surface area contributed by atoms with Crippen LogP contribution in [0, 0.1) is 0 Å². The molecule has 0 saturated carbocycles. The Kier molecular flexibility index (Phi) is 6.09. The Hall–Kier alpha value is -1.51. The molecule has 0 spiro atoms. The molecule has 0 radical (unpaired) electrons. The van der Waals surface area contributed by atoms with Crippen molar-refractivity contribution in [3.63, 3.8) is 0 Å². The van der Waals surface area contributed by atoms with Crippen LogP contribution in [0.4, 0.5) is 0 Å². The number of carbonyl (C=O) groups excluding carboxylic acids is 1. The number of ether oxygens (including phenoxy) is 2. The number of ketones is 1. The number of aliphatic hydroxyl groups excluding tert-OH is 4. The number of rotatable bonds is 6. The summed E-state index contributed by atoms with van der Waals surface area (Å²) in [5.41, 5.74) is 0.563. The normalized spacial score (nSPS) is 30.9. The van der Waals surface area contributed by atoms with E-state index in [-0.39, 0.29) is 5.78 Å². The maximum Gasteiger partial charge on any atom is 0.229 e. The van der Waals surface area contributed by atoms with E-state index in [9.17, 15) is 20.1 Å². The SMILES string of the molecule is CCCC(=O)c1ccc(O[C@@H]2O[C@H](CO)[C@@H](O)[C@@H](O)[C@H]2O)cc1. The quantitative estimate of drug-likeness (QED) is 0.537. The van der Waals surface area contributed by atoms with Gasteiger partial charge in [0.2, 0.25) is 6.29 Å². The van der Waals surface area contributed by atoms with Gasteiger partial charge in [-0.3, -0.25) is 4.79 Å². The van der Waals surface area contributed by atoms with Crippen molar-refractivity contribution in [3.05, 3.63) is 29.8 Å². The minimum absolute atomic E-state index is 0.0342. The lowest BCUT2D eigenvalue weighted by Crippen LogP contribution is -2.60. The lowest BCUT2D eigenvalue weighted by Gasteiger charge is -2.39. The molecule has 128 valence electrons. The summed E-state index contributed by atoms with van der Waals surface area (Å²) >= 11 is 0. The lowest BCUT2D eigenvalue weighted by atomic mass is 9.99. The van der Waals surface area contributed by atoms with Gasteiger partial charge in [0.25, 0.3) is 0 Å². The summed E-state index contributed by atoms with van der Waals surface area (Å²) in [7, 11) is 0. The number of hydrogen-bond acceptors (Lipinski definition) is 7. The third kappa shape index (κ3) is 4.07. The van der Waals surface area contributed by atoms with Gasteiger partial charge in [-0.25, -0.2) is 0 Å². The molecule has 1 aliphatic rings. The van der Waals surface area contributed by atoms with Crippen molar-refractivity contribution >= 4 is 5.78 Å². The van der Waals surface area contributed by atoms with Gasteiger partial charge in [0.05, 0.1) is 6.61 Å². The molecule has 0 bridgehead atoms. The van der Waals surface area contributed by atoms with Gasteiger partial charge in [0, 0.05) is 12.0 Å². The second-order valence-electron chi connectivity index (χ2n) is 5.51. The van der Waals surface area contributed by atoms with Crippen LogP contribution in [-0.4, -0.2) is 63.5 Å². The first-order chi connectivity index (χ1) is 11.0. The Balaban J connectivity index is 2.04. The number of carbonyl (C=O) groups is 1. The number of benzene rings is 1. The molecule has 4 N–H and O–H groups in total. The second-order valence-corrected chi connectivity index (χ2v) is 5.51. The Labute approximate surface area is 134 Å². The fourth-order valence-electron chi connectivity index (χ4n) is 2.39. The lowest BCUT2D eigenvalue weighted by molar-refractivity contribution is -0.277. The maximum absolute atomic E-state index is 11.8. The highest BCUT2D eigenvalue weighted by molar-refractivity contribution is 5.96. The van der Waals surface area contributed by atoms with Crippen LogP contribution in [0.15, 0.2) is 24.3 Å². The molecule has 0 unspecified atom stereocenters. The van der Waals surface area contributed by atoms with Gasteiger partial charge in [-0.2, -0.15) is 0 Å². The number of Topliss-reactive ketones (excluding diaryl/α,β-unsaturated/α-hetero) is 1. The summed E-state index contributed by atoms with van der Waals surface area (Å²) < 4.78 is 10.7. The summed E-state index contributed by atoms with van der Waals surface area (Å²) in [6.45, 7) is 1.41. The van der Waals surface area contributed by atoms with Gasteiger partial charge in [-0.05, 0) is 30.7 Å². The molecule has 1 fully saturated rings. The molecule has 1 aliphatic heterocycles. The maximum atomic E-state index is 11.8. The molecule has 1 aromatic rings. The molecule has 7 heteroatoms. The van der Waals surface area contributed by atoms with E-state index in [1.807, 2.05) is 6.92 Å². The molecule has 1 saturated heterocycles. The Morgan fingerprint density at radius 2 is 1.78 bits per heavy atom. The van der Waals surface area contributed by atoms with E-state index in [1.54, 1.807) is 24.3 Å². The topological polar surface area (TPSA) is 116 Å². The van der Waals surface area contributed by atoms with E-state index in [0.717, 1.165) is 6.42 Å². The van der Waals surface area contributed by atoms with Gasteiger partial charge in [-0.1, -0.05) is 6.92 Å². The zero-order valence-corrected chi connectivity index (χ0v) is 12.8. The molecule has 23 heavy (non-hydrogen) atoms. The third-order valence-electron chi connectivity index (χ3n) is 3.75. The average Bonchev–Trinajstić information content (AvgIpc) is 2.56. The largest absolute Gasteiger partial charge is 0.462 e. The molecular formula is C16H22O7. The van der Waals surface area contributed by atoms with Crippen LogP contribution in [0.3, 0.4) is 0 Å². The first kappa shape index (κ1) is 17.8. The Morgan fingerprint density at radius 1 is 1.13 bits per heavy atom. The van der Waals surface area contributed by atoms with Crippen molar-refractivity contribution in [1.29, 1.82) is 0 Å². The molecule has 0 aliphatic carbocycles. The first-order valence-corrected chi connectivity index (χ1v) is 7.58. The van der Waals surface area contributed by atoms with Crippen molar-refractivity contribution in [2.45, 2.75) is 50.5 Å². The Morgan fingerprint density at radius 3 is 2.35 bits per heavy atom. The zero-order valence-electron chi connectivity index (χ0n) is 12.8. The highest BCUT2D eigenvalue weighted by Gasteiger charge is 2.44. The summed E-state index contributed by atoms with van der Waals surface area (Å²) in [6, 6.07) is 6.34. The summed E-state index contributed by atoms with van der Waals surface area (Å²) in [6.07, 6.45) is -5.41. The van der Waals surface area contributed by atoms with E-state index in [0.29, 0.717) is 17.7 Å². The van der Waals surface area contributed by atoms with Crippen LogP contribution in [0.2, 0.25) is 0 Å².